The average molecular weight is 450 g/mol. The molecule has 3 nitrogen and oxygen atoms in total. The van der Waals surface area contributed by atoms with Gasteiger partial charge in [-0.1, -0.05) is 36.4 Å². The van der Waals surface area contributed by atoms with Gasteiger partial charge >= 0.3 is 0 Å². The maximum atomic E-state index is 13.6. The lowest BCUT2D eigenvalue weighted by Crippen LogP contribution is -2.32. The van der Waals surface area contributed by atoms with Gasteiger partial charge in [-0.15, -0.1) is 0 Å². The van der Waals surface area contributed by atoms with Crippen LogP contribution in [0, 0.1) is 11.7 Å². The van der Waals surface area contributed by atoms with Crippen molar-refractivity contribution in [3.8, 4) is 22.4 Å². The predicted molar refractivity (Wildman–Crippen MR) is 136 cm³/mol. The van der Waals surface area contributed by atoms with Gasteiger partial charge in [-0.05, 0) is 83.8 Å². The summed E-state index contributed by atoms with van der Waals surface area (Å²) in [5.74, 6) is 0.478. The molecule has 0 bridgehead atoms. The minimum atomic E-state index is -0.220. The van der Waals surface area contributed by atoms with Gasteiger partial charge in [0.1, 0.15) is 5.82 Å². The molecular formula is C30H28FN3. The molecule has 1 saturated heterocycles. The minimum Gasteiger partial charge on any atom is -0.360 e. The monoisotopic (exact) mass is 449 g/mol. The number of aromatic nitrogens is 2. The fraction of sp³-hybridized carbons (Fsp3) is 0.233. The molecule has 4 heteroatoms. The predicted octanol–water partition coefficient (Wildman–Crippen LogP) is 6.60. The van der Waals surface area contributed by atoms with Gasteiger partial charge in [0.15, 0.2) is 0 Å². The van der Waals surface area contributed by atoms with Crippen LogP contribution in [0.1, 0.15) is 24.0 Å². The van der Waals surface area contributed by atoms with Crippen LogP contribution < -0.4 is 0 Å². The Balaban J connectivity index is 1.33. The Morgan fingerprint density at radius 3 is 2.53 bits per heavy atom. The Bertz CT molecular complexity index is 1290. The van der Waals surface area contributed by atoms with Crippen LogP contribution in [0.2, 0.25) is 0 Å². The van der Waals surface area contributed by atoms with E-state index in [-0.39, 0.29) is 5.82 Å². The van der Waals surface area contributed by atoms with E-state index >= 15 is 0 Å². The molecule has 0 amide bonds. The SMILES string of the molecule is Fc1ccc(-c2[nH]cc(C3=C[C@@H]4C[C@H](Cc5ccccc5)CN4CC3)c2-c2ccncc2)cc1. The molecule has 0 saturated carbocycles. The van der Waals surface area contributed by atoms with Crippen LogP contribution in [-0.2, 0) is 6.42 Å². The second kappa shape index (κ2) is 9.03. The molecule has 2 aliphatic heterocycles. The van der Waals surface area contributed by atoms with E-state index in [0.717, 1.165) is 36.2 Å². The number of nitrogens with zero attached hydrogens (tertiary/aromatic N) is 2. The Morgan fingerprint density at radius 1 is 0.941 bits per heavy atom. The zero-order valence-electron chi connectivity index (χ0n) is 19.1. The molecule has 0 unspecified atom stereocenters. The summed E-state index contributed by atoms with van der Waals surface area (Å²) in [5.41, 5.74) is 8.40. The van der Waals surface area contributed by atoms with Gasteiger partial charge in [0.05, 0.1) is 5.69 Å². The molecule has 2 atom stereocenters. The van der Waals surface area contributed by atoms with Crippen molar-refractivity contribution in [2.45, 2.75) is 25.3 Å². The second-order valence-electron chi connectivity index (χ2n) is 9.49. The summed E-state index contributed by atoms with van der Waals surface area (Å²) in [4.78, 5) is 10.4. The number of aromatic amines is 1. The summed E-state index contributed by atoms with van der Waals surface area (Å²) in [6, 6.07) is 22.2. The van der Waals surface area contributed by atoms with Crippen molar-refractivity contribution in [3.05, 3.63) is 108 Å². The van der Waals surface area contributed by atoms with E-state index in [1.54, 1.807) is 0 Å². The molecule has 170 valence electrons. The zero-order valence-corrected chi connectivity index (χ0v) is 19.1. The third-order valence-electron chi connectivity index (χ3n) is 7.29. The molecule has 0 aliphatic carbocycles. The van der Waals surface area contributed by atoms with Gasteiger partial charge in [0, 0.05) is 48.8 Å². The number of hydrogen-bond donors (Lipinski definition) is 1. The third kappa shape index (κ3) is 4.10. The molecule has 4 aromatic rings. The molecule has 0 radical (unpaired) electrons. The van der Waals surface area contributed by atoms with E-state index in [0.29, 0.717) is 12.0 Å². The third-order valence-corrected chi connectivity index (χ3v) is 7.29. The first-order valence-electron chi connectivity index (χ1n) is 12.1. The molecular weight excluding hydrogens is 421 g/mol. The van der Waals surface area contributed by atoms with Gasteiger partial charge in [0.2, 0.25) is 0 Å². The Labute approximate surface area is 200 Å². The number of hydrogen-bond acceptors (Lipinski definition) is 2. The van der Waals surface area contributed by atoms with Crippen LogP contribution >= 0.6 is 0 Å². The van der Waals surface area contributed by atoms with Crippen LogP contribution in [0.25, 0.3) is 28.0 Å². The van der Waals surface area contributed by atoms with Crippen molar-refractivity contribution in [1.82, 2.24) is 14.9 Å². The fourth-order valence-electron chi connectivity index (χ4n) is 5.70. The van der Waals surface area contributed by atoms with E-state index < -0.39 is 0 Å². The highest BCUT2D eigenvalue weighted by atomic mass is 19.1. The number of benzene rings is 2. The number of rotatable bonds is 5. The number of pyridine rings is 1. The fourth-order valence-corrected chi connectivity index (χ4v) is 5.70. The van der Waals surface area contributed by atoms with Crippen molar-refractivity contribution in [1.29, 1.82) is 0 Å². The molecule has 1 fully saturated rings. The van der Waals surface area contributed by atoms with Crippen molar-refractivity contribution in [3.63, 3.8) is 0 Å². The molecule has 2 aliphatic rings. The van der Waals surface area contributed by atoms with Crippen molar-refractivity contribution in [2.75, 3.05) is 13.1 Å². The molecule has 34 heavy (non-hydrogen) atoms. The minimum absolute atomic E-state index is 0.220. The lowest BCUT2D eigenvalue weighted by atomic mass is 9.90. The van der Waals surface area contributed by atoms with E-state index in [1.807, 2.05) is 24.5 Å². The quantitative estimate of drug-likeness (QED) is 0.372. The van der Waals surface area contributed by atoms with Crippen LogP contribution in [0.3, 0.4) is 0 Å². The zero-order chi connectivity index (χ0) is 22.9. The largest absolute Gasteiger partial charge is 0.360 e. The van der Waals surface area contributed by atoms with Gasteiger partial charge < -0.3 is 4.98 Å². The summed E-state index contributed by atoms with van der Waals surface area (Å²) in [7, 11) is 0. The maximum Gasteiger partial charge on any atom is 0.123 e. The molecule has 0 spiro atoms. The summed E-state index contributed by atoms with van der Waals surface area (Å²) < 4.78 is 13.6. The van der Waals surface area contributed by atoms with Crippen molar-refractivity contribution >= 4 is 5.57 Å². The second-order valence-corrected chi connectivity index (χ2v) is 9.49. The summed E-state index contributed by atoms with van der Waals surface area (Å²) in [5, 5.41) is 0. The molecule has 1 N–H and O–H groups in total. The highest BCUT2D eigenvalue weighted by molar-refractivity contribution is 5.91. The molecule has 4 heterocycles. The first-order valence-corrected chi connectivity index (χ1v) is 12.1. The van der Waals surface area contributed by atoms with E-state index in [9.17, 15) is 4.39 Å². The van der Waals surface area contributed by atoms with Crippen LogP contribution in [0.4, 0.5) is 4.39 Å². The summed E-state index contributed by atoms with van der Waals surface area (Å²) >= 11 is 0. The van der Waals surface area contributed by atoms with Gasteiger partial charge in [-0.2, -0.15) is 0 Å². The summed E-state index contributed by atoms with van der Waals surface area (Å²) in [6.45, 7) is 2.27. The van der Waals surface area contributed by atoms with Crippen LogP contribution in [-0.4, -0.2) is 34.0 Å². The number of nitrogens with one attached hydrogen (secondary N) is 1. The Hall–Kier alpha value is -3.50. The van der Waals surface area contributed by atoms with E-state index in [2.05, 4.69) is 69.6 Å². The number of halogens is 1. The van der Waals surface area contributed by atoms with Gasteiger partial charge in [-0.3, -0.25) is 9.88 Å². The number of fused-ring (bicyclic) bond motifs is 1. The highest BCUT2D eigenvalue weighted by Gasteiger charge is 2.34. The Kier molecular flexibility index (Phi) is 5.60. The lowest BCUT2D eigenvalue weighted by molar-refractivity contribution is 0.281. The smallest absolute Gasteiger partial charge is 0.123 e. The number of H-pyrrole nitrogens is 1. The van der Waals surface area contributed by atoms with Crippen LogP contribution in [0.5, 0.6) is 0 Å². The maximum absolute atomic E-state index is 13.6. The summed E-state index contributed by atoms with van der Waals surface area (Å²) in [6.07, 6.45) is 11.7. The van der Waals surface area contributed by atoms with Gasteiger partial charge in [0.25, 0.3) is 0 Å². The van der Waals surface area contributed by atoms with Gasteiger partial charge in [-0.25, -0.2) is 4.39 Å². The topological polar surface area (TPSA) is 31.9 Å². The average Bonchev–Trinajstić information content (AvgIpc) is 3.49. The molecule has 6 rings (SSSR count). The van der Waals surface area contributed by atoms with Crippen molar-refractivity contribution < 1.29 is 4.39 Å². The standard InChI is InChI=1S/C30H28FN3/c31-26-8-6-24(7-9-26)30-29(23-10-13-32-14-11-23)28(19-33-30)25-12-15-34-20-22(17-27(34)18-25)16-21-4-2-1-3-5-21/h1-11,13-14,18-19,22,27,33H,12,15-17,20H2/t22-,27-/m0/s1. The first kappa shape index (κ1) is 21.1. The molecule has 2 aromatic carbocycles. The van der Waals surface area contributed by atoms with E-state index in [4.69, 9.17) is 0 Å². The van der Waals surface area contributed by atoms with E-state index in [1.165, 1.54) is 47.4 Å². The highest BCUT2D eigenvalue weighted by Crippen LogP contribution is 2.41. The van der Waals surface area contributed by atoms with Crippen LogP contribution in [0.15, 0.2) is 91.4 Å². The lowest BCUT2D eigenvalue weighted by Gasteiger charge is -2.28. The molecule has 2 aromatic heterocycles. The van der Waals surface area contributed by atoms with Crippen molar-refractivity contribution in [2.24, 2.45) is 5.92 Å². The first-order chi connectivity index (χ1) is 16.7. The normalized spacial score (nSPS) is 20.2. The Morgan fingerprint density at radius 2 is 1.74 bits per heavy atom.